The minimum atomic E-state index is -0.235. The van der Waals surface area contributed by atoms with Crippen LogP contribution in [0, 0.1) is 0 Å². The maximum atomic E-state index is 12.1. The van der Waals surface area contributed by atoms with Crippen LogP contribution < -0.4 is 11.1 Å². The minimum absolute atomic E-state index is 0. The maximum absolute atomic E-state index is 12.1. The quantitative estimate of drug-likeness (QED) is 0.859. The maximum Gasteiger partial charge on any atom is 0.268 e. The lowest BCUT2D eigenvalue weighted by Gasteiger charge is -2.14. The predicted octanol–water partition coefficient (Wildman–Crippen LogP) is 3.65. The van der Waals surface area contributed by atoms with Crippen molar-refractivity contribution >= 4 is 29.9 Å². The second-order valence-electron chi connectivity index (χ2n) is 5.79. The number of carbonyl (C=O) groups is 1. The topological polar surface area (TPSA) is 60.0 Å². The Morgan fingerprint density at radius 1 is 1.26 bits per heavy atom. The smallest absolute Gasteiger partial charge is 0.268 e. The van der Waals surface area contributed by atoms with Crippen LogP contribution >= 0.6 is 24.0 Å². The van der Waals surface area contributed by atoms with Gasteiger partial charge in [-0.3, -0.25) is 4.79 Å². The van der Waals surface area contributed by atoms with Crippen molar-refractivity contribution in [3.63, 3.8) is 0 Å². The van der Waals surface area contributed by atoms with E-state index < -0.39 is 0 Å². The number of benzene rings is 1. The zero-order valence-electron chi connectivity index (χ0n) is 13.5. The molecular weight excluding hydrogens is 333 g/mol. The average Bonchev–Trinajstić information content (AvgIpc) is 2.83. The molecule has 1 amide bonds. The van der Waals surface area contributed by atoms with Crippen LogP contribution in [0.4, 0.5) is 0 Å². The summed E-state index contributed by atoms with van der Waals surface area (Å²) in [4.78, 5) is 12.1. The molecule has 2 aromatic rings. The highest BCUT2D eigenvalue weighted by atomic mass is 35.5. The number of nitrogens with two attached hydrogens (primary N) is 1. The van der Waals surface area contributed by atoms with Crippen LogP contribution in [0.15, 0.2) is 36.5 Å². The van der Waals surface area contributed by atoms with Crippen molar-refractivity contribution in [2.75, 3.05) is 6.54 Å². The van der Waals surface area contributed by atoms with Gasteiger partial charge >= 0.3 is 0 Å². The largest absolute Gasteiger partial charge is 0.349 e. The van der Waals surface area contributed by atoms with Gasteiger partial charge in [0.1, 0.15) is 5.69 Å². The van der Waals surface area contributed by atoms with E-state index in [-0.39, 0.29) is 24.4 Å². The number of halogens is 2. The molecule has 0 bridgehead atoms. The molecule has 126 valence electrons. The van der Waals surface area contributed by atoms with Crippen LogP contribution in [0.3, 0.4) is 0 Å². The Morgan fingerprint density at radius 2 is 1.83 bits per heavy atom. The van der Waals surface area contributed by atoms with Gasteiger partial charge in [0.25, 0.3) is 5.91 Å². The molecule has 0 aliphatic carbocycles. The summed E-state index contributed by atoms with van der Waals surface area (Å²) in [5.74, 6) is 0.315. The van der Waals surface area contributed by atoms with E-state index in [2.05, 4.69) is 31.3 Å². The summed E-state index contributed by atoms with van der Waals surface area (Å²) in [5, 5.41) is 3.39. The number of aromatic nitrogens is 1. The zero-order chi connectivity index (χ0) is 16.3. The Bertz CT molecular complexity index is 650. The third-order valence-electron chi connectivity index (χ3n) is 3.72. The number of hydrogen-bond donors (Lipinski definition) is 2. The molecule has 2 rings (SSSR count). The zero-order valence-corrected chi connectivity index (χ0v) is 15.1. The average molecular weight is 356 g/mol. The van der Waals surface area contributed by atoms with Crippen molar-refractivity contribution in [1.29, 1.82) is 0 Å². The van der Waals surface area contributed by atoms with Crippen molar-refractivity contribution in [3.05, 3.63) is 58.4 Å². The molecule has 0 fully saturated rings. The number of hydrogen-bond acceptors (Lipinski definition) is 2. The molecular formula is C17H23Cl2N3O. The van der Waals surface area contributed by atoms with Crippen LogP contribution in [-0.4, -0.2) is 17.0 Å². The fourth-order valence-electron chi connectivity index (χ4n) is 2.29. The third-order valence-corrected chi connectivity index (χ3v) is 3.92. The van der Waals surface area contributed by atoms with Crippen LogP contribution in [0.2, 0.25) is 5.02 Å². The first-order valence-electron chi connectivity index (χ1n) is 7.34. The van der Waals surface area contributed by atoms with Gasteiger partial charge in [0, 0.05) is 25.8 Å². The highest BCUT2D eigenvalue weighted by Gasteiger charge is 2.13. The van der Waals surface area contributed by atoms with Crippen molar-refractivity contribution in [3.8, 4) is 0 Å². The standard InChI is InChI=1S/C17H22ClN3O.ClH/c1-11(2)12-4-6-13(7-5-12)15(19)9-20-17(22)16-8-14(18)10-21(16)3;/h4-8,10-11,15H,9,19H2,1-3H3,(H,20,22);1H. The summed E-state index contributed by atoms with van der Waals surface area (Å²) in [6, 6.07) is 9.61. The van der Waals surface area contributed by atoms with E-state index in [1.54, 1.807) is 23.9 Å². The lowest BCUT2D eigenvalue weighted by molar-refractivity contribution is 0.0943. The van der Waals surface area contributed by atoms with Gasteiger partial charge in [0.05, 0.1) is 5.02 Å². The van der Waals surface area contributed by atoms with Gasteiger partial charge in [-0.05, 0) is 23.1 Å². The first-order valence-corrected chi connectivity index (χ1v) is 7.71. The first-order chi connectivity index (χ1) is 10.4. The van der Waals surface area contributed by atoms with E-state index in [1.807, 2.05) is 12.1 Å². The van der Waals surface area contributed by atoms with Gasteiger partial charge in [0.2, 0.25) is 0 Å². The highest BCUT2D eigenvalue weighted by molar-refractivity contribution is 6.31. The van der Waals surface area contributed by atoms with Crippen LogP contribution in [0.5, 0.6) is 0 Å². The molecule has 0 saturated heterocycles. The van der Waals surface area contributed by atoms with Gasteiger partial charge in [-0.25, -0.2) is 0 Å². The molecule has 0 aliphatic heterocycles. The molecule has 0 spiro atoms. The van der Waals surface area contributed by atoms with Crippen molar-refractivity contribution in [2.24, 2.45) is 12.8 Å². The summed E-state index contributed by atoms with van der Waals surface area (Å²) >= 11 is 5.88. The van der Waals surface area contributed by atoms with Crippen molar-refractivity contribution < 1.29 is 4.79 Å². The summed E-state index contributed by atoms with van der Waals surface area (Å²) in [6.45, 7) is 4.68. The van der Waals surface area contributed by atoms with Gasteiger partial charge in [-0.15, -0.1) is 12.4 Å². The summed E-state index contributed by atoms with van der Waals surface area (Å²) in [6.07, 6.45) is 1.70. The minimum Gasteiger partial charge on any atom is -0.349 e. The summed E-state index contributed by atoms with van der Waals surface area (Å²) < 4.78 is 1.70. The third kappa shape index (κ3) is 4.99. The second kappa shape index (κ2) is 8.39. The van der Waals surface area contributed by atoms with E-state index in [1.165, 1.54) is 5.56 Å². The fraction of sp³-hybridized carbons (Fsp3) is 0.353. The van der Waals surface area contributed by atoms with Crippen molar-refractivity contribution in [1.82, 2.24) is 9.88 Å². The fourth-order valence-corrected chi connectivity index (χ4v) is 2.54. The molecule has 1 unspecified atom stereocenters. The SMILES string of the molecule is CC(C)c1ccc(C(N)CNC(=O)c2cc(Cl)cn2C)cc1.Cl. The highest BCUT2D eigenvalue weighted by Crippen LogP contribution is 2.18. The van der Waals surface area contributed by atoms with Crippen LogP contribution in [0.25, 0.3) is 0 Å². The number of amides is 1. The Kier molecular flexibility index (Phi) is 7.13. The molecule has 1 aromatic carbocycles. The summed E-state index contributed by atoms with van der Waals surface area (Å²) in [7, 11) is 1.78. The van der Waals surface area contributed by atoms with E-state index in [0.717, 1.165) is 5.56 Å². The van der Waals surface area contributed by atoms with Crippen molar-refractivity contribution in [2.45, 2.75) is 25.8 Å². The molecule has 3 N–H and O–H groups in total. The predicted molar refractivity (Wildman–Crippen MR) is 97.5 cm³/mol. The Labute approximate surface area is 148 Å². The molecule has 23 heavy (non-hydrogen) atoms. The number of nitrogens with one attached hydrogen (secondary N) is 1. The van der Waals surface area contributed by atoms with E-state index in [9.17, 15) is 4.79 Å². The number of carbonyl (C=O) groups excluding carboxylic acids is 1. The van der Waals surface area contributed by atoms with Gasteiger partial charge in [0.15, 0.2) is 0 Å². The van der Waals surface area contributed by atoms with Crippen LogP contribution in [0.1, 0.15) is 47.4 Å². The van der Waals surface area contributed by atoms with Gasteiger partial charge in [-0.2, -0.15) is 0 Å². The van der Waals surface area contributed by atoms with E-state index >= 15 is 0 Å². The lowest BCUT2D eigenvalue weighted by atomic mass is 9.99. The number of rotatable bonds is 5. The monoisotopic (exact) mass is 355 g/mol. The summed E-state index contributed by atoms with van der Waals surface area (Å²) in [5.41, 5.74) is 8.95. The molecule has 0 radical (unpaired) electrons. The Balaban J connectivity index is 0.00000264. The molecule has 0 aliphatic rings. The first kappa shape index (κ1) is 19.6. The number of aryl methyl sites for hydroxylation is 1. The molecule has 1 aromatic heterocycles. The number of nitrogens with zero attached hydrogens (tertiary/aromatic N) is 1. The van der Waals surface area contributed by atoms with E-state index in [4.69, 9.17) is 17.3 Å². The molecule has 0 saturated carbocycles. The Morgan fingerprint density at radius 3 is 2.30 bits per heavy atom. The molecule has 6 heteroatoms. The molecule has 1 atom stereocenters. The normalized spacial score (nSPS) is 11.9. The van der Waals surface area contributed by atoms with Crippen LogP contribution in [-0.2, 0) is 7.05 Å². The molecule has 4 nitrogen and oxygen atoms in total. The van der Waals surface area contributed by atoms with E-state index in [0.29, 0.717) is 23.2 Å². The Hall–Kier alpha value is -1.49. The van der Waals surface area contributed by atoms with Gasteiger partial charge < -0.3 is 15.6 Å². The van der Waals surface area contributed by atoms with Gasteiger partial charge in [-0.1, -0.05) is 49.7 Å². The molecule has 1 heterocycles. The second-order valence-corrected chi connectivity index (χ2v) is 6.23. The lowest BCUT2D eigenvalue weighted by Crippen LogP contribution is -2.32.